The van der Waals surface area contributed by atoms with Crippen molar-refractivity contribution in [3.8, 4) is 0 Å². The molecule has 17 heavy (non-hydrogen) atoms. The van der Waals surface area contributed by atoms with Crippen LogP contribution >= 0.6 is 0 Å². The Labute approximate surface area is 104 Å². The summed E-state index contributed by atoms with van der Waals surface area (Å²) in [6.07, 6.45) is 1.01. The van der Waals surface area contributed by atoms with Gasteiger partial charge < -0.3 is 15.2 Å². The number of hydrogen-bond acceptors (Lipinski definition) is 5. The minimum Gasteiger partial charge on any atom is -0.465 e. The highest BCUT2D eigenvalue weighted by Gasteiger charge is 2.21. The van der Waals surface area contributed by atoms with Gasteiger partial charge in [-0.05, 0) is 20.3 Å². The Balaban J connectivity index is 4.25. The molecule has 2 atom stereocenters. The first-order chi connectivity index (χ1) is 8.06. The molecule has 2 N–H and O–H groups in total. The van der Waals surface area contributed by atoms with E-state index in [4.69, 9.17) is 15.2 Å². The van der Waals surface area contributed by atoms with Gasteiger partial charge in [-0.25, -0.2) is 0 Å². The number of carbonyl (C=O) groups excluding carboxylic acids is 1. The number of rotatable bonds is 9. The SMILES string of the molecule is CCOC(=O)C(N)CN(CCOC)C(C)CC. The summed E-state index contributed by atoms with van der Waals surface area (Å²) < 4.78 is 9.96. The molecule has 0 heterocycles. The van der Waals surface area contributed by atoms with Crippen LogP contribution in [0.2, 0.25) is 0 Å². The standard InChI is InChI=1S/C12H26N2O3/c1-5-10(3)14(7-8-16-4)9-11(13)12(15)17-6-2/h10-11H,5-9,13H2,1-4H3. The van der Waals surface area contributed by atoms with Gasteiger partial charge in [-0.2, -0.15) is 0 Å². The minimum absolute atomic E-state index is 0.335. The van der Waals surface area contributed by atoms with E-state index in [1.165, 1.54) is 0 Å². The van der Waals surface area contributed by atoms with Crippen molar-refractivity contribution in [2.75, 3.05) is 33.4 Å². The predicted molar refractivity (Wildman–Crippen MR) is 67.8 cm³/mol. The van der Waals surface area contributed by atoms with Crippen LogP contribution in [0, 0.1) is 0 Å². The molecule has 0 radical (unpaired) electrons. The maximum absolute atomic E-state index is 11.5. The van der Waals surface area contributed by atoms with Gasteiger partial charge in [0.2, 0.25) is 0 Å². The quantitative estimate of drug-likeness (QED) is 0.604. The van der Waals surface area contributed by atoms with Gasteiger partial charge in [0, 0.05) is 26.2 Å². The number of carbonyl (C=O) groups is 1. The van der Waals surface area contributed by atoms with E-state index in [0.29, 0.717) is 25.8 Å². The fraction of sp³-hybridized carbons (Fsp3) is 0.917. The van der Waals surface area contributed by atoms with Crippen LogP contribution in [0.1, 0.15) is 27.2 Å². The molecular weight excluding hydrogens is 220 g/mol. The molecule has 102 valence electrons. The van der Waals surface area contributed by atoms with Crippen LogP contribution in [-0.4, -0.2) is 56.4 Å². The molecule has 0 fully saturated rings. The van der Waals surface area contributed by atoms with E-state index in [-0.39, 0.29) is 5.97 Å². The summed E-state index contributed by atoms with van der Waals surface area (Å²) in [7, 11) is 1.67. The van der Waals surface area contributed by atoms with Crippen molar-refractivity contribution in [3.05, 3.63) is 0 Å². The molecule has 0 rings (SSSR count). The van der Waals surface area contributed by atoms with Crippen LogP contribution in [-0.2, 0) is 14.3 Å². The van der Waals surface area contributed by atoms with Crippen LogP contribution < -0.4 is 5.73 Å². The van der Waals surface area contributed by atoms with E-state index in [1.54, 1.807) is 14.0 Å². The summed E-state index contributed by atoms with van der Waals surface area (Å²) in [5, 5.41) is 0. The Morgan fingerprint density at radius 3 is 2.53 bits per heavy atom. The zero-order valence-corrected chi connectivity index (χ0v) is 11.4. The second kappa shape index (κ2) is 9.39. The van der Waals surface area contributed by atoms with Crippen molar-refractivity contribution in [1.29, 1.82) is 0 Å². The van der Waals surface area contributed by atoms with Crippen molar-refractivity contribution < 1.29 is 14.3 Å². The monoisotopic (exact) mass is 246 g/mol. The molecule has 0 saturated carbocycles. The van der Waals surface area contributed by atoms with Crippen LogP contribution in [0.3, 0.4) is 0 Å². The number of ether oxygens (including phenoxy) is 2. The number of esters is 1. The number of nitrogens with two attached hydrogens (primary N) is 1. The van der Waals surface area contributed by atoms with E-state index in [1.807, 2.05) is 0 Å². The second-order valence-electron chi connectivity index (χ2n) is 4.10. The summed E-state index contributed by atoms with van der Waals surface area (Å²) >= 11 is 0. The van der Waals surface area contributed by atoms with Crippen LogP contribution in [0.5, 0.6) is 0 Å². The van der Waals surface area contributed by atoms with Gasteiger partial charge >= 0.3 is 5.97 Å². The molecule has 0 aromatic heterocycles. The topological polar surface area (TPSA) is 64.8 Å². The maximum atomic E-state index is 11.5. The molecule has 0 aliphatic rings. The summed E-state index contributed by atoms with van der Waals surface area (Å²) in [6, 6.07) is -0.202. The van der Waals surface area contributed by atoms with Crippen molar-refractivity contribution in [1.82, 2.24) is 4.90 Å². The van der Waals surface area contributed by atoms with Crippen LogP contribution in [0.25, 0.3) is 0 Å². The summed E-state index contributed by atoms with van der Waals surface area (Å²) in [4.78, 5) is 13.6. The first-order valence-corrected chi connectivity index (χ1v) is 6.21. The lowest BCUT2D eigenvalue weighted by molar-refractivity contribution is -0.145. The Morgan fingerprint density at radius 2 is 2.06 bits per heavy atom. The first kappa shape index (κ1) is 16.4. The average Bonchev–Trinajstić information content (AvgIpc) is 2.33. The largest absolute Gasteiger partial charge is 0.465 e. The molecule has 0 spiro atoms. The highest BCUT2D eigenvalue weighted by Crippen LogP contribution is 2.04. The van der Waals surface area contributed by atoms with Gasteiger partial charge in [-0.15, -0.1) is 0 Å². The van der Waals surface area contributed by atoms with Crippen LogP contribution in [0.15, 0.2) is 0 Å². The molecule has 5 heteroatoms. The second-order valence-corrected chi connectivity index (χ2v) is 4.10. The molecule has 0 amide bonds. The van der Waals surface area contributed by atoms with E-state index >= 15 is 0 Å². The number of nitrogens with zero attached hydrogens (tertiary/aromatic N) is 1. The van der Waals surface area contributed by atoms with Gasteiger partial charge in [0.1, 0.15) is 6.04 Å². The normalized spacial score (nSPS) is 14.7. The third kappa shape index (κ3) is 6.61. The molecule has 5 nitrogen and oxygen atoms in total. The molecule has 0 aromatic rings. The van der Waals surface area contributed by atoms with Crippen molar-refractivity contribution in [2.24, 2.45) is 5.73 Å². The molecule has 0 bridgehead atoms. The smallest absolute Gasteiger partial charge is 0.324 e. The Morgan fingerprint density at radius 1 is 1.41 bits per heavy atom. The average molecular weight is 246 g/mol. The minimum atomic E-state index is -0.583. The van der Waals surface area contributed by atoms with Crippen molar-refractivity contribution in [3.63, 3.8) is 0 Å². The van der Waals surface area contributed by atoms with E-state index in [9.17, 15) is 4.79 Å². The van der Waals surface area contributed by atoms with Gasteiger partial charge in [0.25, 0.3) is 0 Å². The summed E-state index contributed by atoms with van der Waals surface area (Å²) in [5.74, 6) is -0.335. The Hall–Kier alpha value is -0.650. The number of methoxy groups -OCH3 is 1. The van der Waals surface area contributed by atoms with Gasteiger partial charge in [0.15, 0.2) is 0 Å². The van der Waals surface area contributed by atoms with Gasteiger partial charge in [-0.1, -0.05) is 6.92 Å². The Bertz CT molecular complexity index is 212. The summed E-state index contributed by atoms with van der Waals surface area (Å²) in [6.45, 7) is 8.31. The fourth-order valence-electron chi connectivity index (χ4n) is 1.53. The fourth-order valence-corrected chi connectivity index (χ4v) is 1.53. The highest BCUT2D eigenvalue weighted by molar-refractivity contribution is 5.75. The zero-order chi connectivity index (χ0) is 13.3. The summed E-state index contributed by atoms with van der Waals surface area (Å²) in [5.41, 5.74) is 5.81. The van der Waals surface area contributed by atoms with Crippen molar-refractivity contribution >= 4 is 5.97 Å². The van der Waals surface area contributed by atoms with Crippen LogP contribution in [0.4, 0.5) is 0 Å². The lowest BCUT2D eigenvalue weighted by atomic mass is 10.2. The first-order valence-electron chi connectivity index (χ1n) is 6.21. The molecular formula is C12H26N2O3. The lowest BCUT2D eigenvalue weighted by Crippen LogP contribution is -2.47. The Kier molecular flexibility index (Phi) is 9.03. The molecule has 0 aliphatic heterocycles. The van der Waals surface area contributed by atoms with Gasteiger partial charge in [0.05, 0.1) is 13.2 Å². The van der Waals surface area contributed by atoms with Gasteiger partial charge in [-0.3, -0.25) is 9.69 Å². The third-order valence-corrected chi connectivity index (χ3v) is 2.82. The molecule has 0 saturated heterocycles. The van der Waals surface area contributed by atoms with E-state index < -0.39 is 6.04 Å². The molecule has 2 unspecified atom stereocenters. The maximum Gasteiger partial charge on any atom is 0.324 e. The van der Waals surface area contributed by atoms with E-state index in [0.717, 1.165) is 13.0 Å². The molecule has 0 aliphatic carbocycles. The highest BCUT2D eigenvalue weighted by atomic mass is 16.5. The molecule has 0 aromatic carbocycles. The predicted octanol–water partition coefficient (Wildman–Crippen LogP) is 0.624. The van der Waals surface area contributed by atoms with E-state index in [2.05, 4.69) is 18.7 Å². The number of hydrogen-bond donors (Lipinski definition) is 1. The zero-order valence-electron chi connectivity index (χ0n) is 11.4. The third-order valence-electron chi connectivity index (χ3n) is 2.82. The van der Waals surface area contributed by atoms with Crippen molar-refractivity contribution in [2.45, 2.75) is 39.3 Å². The lowest BCUT2D eigenvalue weighted by Gasteiger charge is -2.29.